The van der Waals surface area contributed by atoms with Gasteiger partial charge in [-0.05, 0) is 36.4 Å². The van der Waals surface area contributed by atoms with Crippen LogP contribution in [0, 0.1) is 0 Å². The van der Waals surface area contributed by atoms with Gasteiger partial charge in [0.2, 0.25) is 0 Å². The number of imidazole rings is 1. The molecule has 0 fully saturated rings. The van der Waals surface area contributed by atoms with Crippen LogP contribution in [0.4, 0.5) is 16.2 Å². The summed E-state index contributed by atoms with van der Waals surface area (Å²) in [4.78, 5) is 15.2. The standard InChI is InChI=1S/C15H15N5O/c16-15(21)19-12-6-4-11(5-7-12)17-9-13-10-20-8-2-1-3-14(20)18-13/h1-8,10,17H,9H2,(H3,16,19,21). The Morgan fingerprint density at radius 2 is 1.90 bits per heavy atom. The summed E-state index contributed by atoms with van der Waals surface area (Å²) in [5.41, 5.74) is 8.56. The van der Waals surface area contributed by atoms with E-state index in [2.05, 4.69) is 15.6 Å². The highest BCUT2D eigenvalue weighted by atomic mass is 16.2. The van der Waals surface area contributed by atoms with Crippen molar-refractivity contribution in [2.45, 2.75) is 6.54 Å². The fraction of sp³-hybridized carbons (Fsp3) is 0.0667. The molecule has 0 bridgehead atoms. The number of hydrogen-bond acceptors (Lipinski definition) is 3. The lowest BCUT2D eigenvalue weighted by Crippen LogP contribution is -2.19. The first-order valence-corrected chi connectivity index (χ1v) is 6.54. The molecule has 106 valence electrons. The summed E-state index contributed by atoms with van der Waals surface area (Å²) in [5, 5.41) is 5.80. The van der Waals surface area contributed by atoms with Crippen LogP contribution in [0.1, 0.15) is 5.69 Å². The fourth-order valence-corrected chi connectivity index (χ4v) is 2.08. The van der Waals surface area contributed by atoms with Crippen LogP contribution in [0.5, 0.6) is 0 Å². The molecule has 2 amide bonds. The molecule has 21 heavy (non-hydrogen) atoms. The Balaban J connectivity index is 1.65. The average molecular weight is 281 g/mol. The molecule has 1 aromatic carbocycles. The minimum atomic E-state index is -0.569. The van der Waals surface area contributed by atoms with Crippen LogP contribution in [0.15, 0.2) is 54.9 Å². The topological polar surface area (TPSA) is 84.5 Å². The van der Waals surface area contributed by atoms with Crippen molar-refractivity contribution in [1.82, 2.24) is 9.38 Å². The third-order valence-electron chi connectivity index (χ3n) is 3.04. The van der Waals surface area contributed by atoms with Crippen molar-refractivity contribution < 1.29 is 4.79 Å². The predicted octanol–water partition coefficient (Wildman–Crippen LogP) is 2.44. The van der Waals surface area contributed by atoms with Gasteiger partial charge in [-0.25, -0.2) is 9.78 Å². The summed E-state index contributed by atoms with van der Waals surface area (Å²) < 4.78 is 1.98. The number of fused-ring (bicyclic) bond motifs is 1. The summed E-state index contributed by atoms with van der Waals surface area (Å²) in [5.74, 6) is 0. The lowest BCUT2D eigenvalue weighted by atomic mass is 10.2. The lowest BCUT2D eigenvalue weighted by molar-refractivity contribution is 0.259. The number of hydrogen-bond donors (Lipinski definition) is 3. The van der Waals surface area contributed by atoms with Gasteiger partial charge >= 0.3 is 6.03 Å². The molecular formula is C15H15N5O. The largest absolute Gasteiger partial charge is 0.379 e. The van der Waals surface area contributed by atoms with E-state index in [0.717, 1.165) is 17.0 Å². The smallest absolute Gasteiger partial charge is 0.316 e. The van der Waals surface area contributed by atoms with Crippen molar-refractivity contribution in [3.63, 3.8) is 0 Å². The molecule has 3 aromatic rings. The number of benzene rings is 1. The van der Waals surface area contributed by atoms with Crippen molar-refractivity contribution >= 4 is 23.1 Å². The van der Waals surface area contributed by atoms with Gasteiger partial charge in [0.15, 0.2) is 0 Å². The third-order valence-corrected chi connectivity index (χ3v) is 3.04. The van der Waals surface area contributed by atoms with E-state index in [9.17, 15) is 4.79 Å². The molecule has 2 aromatic heterocycles. The van der Waals surface area contributed by atoms with Gasteiger partial charge in [-0.3, -0.25) is 0 Å². The fourth-order valence-electron chi connectivity index (χ4n) is 2.08. The predicted molar refractivity (Wildman–Crippen MR) is 82.2 cm³/mol. The summed E-state index contributed by atoms with van der Waals surface area (Å²) in [6.45, 7) is 0.629. The number of aromatic nitrogens is 2. The molecule has 0 aliphatic carbocycles. The summed E-state index contributed by atoms with van der Waals surface area (Å²) in [6, 6.07) is 12.7. The van der Waals surface area contributed by atoms with Crippen LogP contribution >= 0.6 is 0 Å². The van der Waals surface area contributed by atoms with E-state index in [1.165, 1.54) is 0 Å². The number of nitrogens with one attached hydrogen (secondary N) is 2. The summed E-state index contributed by atoms with van der Waals surface area (Å²) in [6.07, 6.45) is 3.96. The SMILES string of the molecule is NC(=O)Nc1ccc(NCc2cn3ccccc3n2)cc1. The number of amides is 2. The van der Waals surface area contributed by atoms with Crippen molar-refractivity contribution in [2.24, 2.45) is 5.73 Å². The zero-order valence-corrected chi connectivity index (χ0v) is 11.3. The maximum atomic E-state index is 10.7. The Morgan fingerprint density at radius 3 is 2.62 bits per heavy atom. The Kier molecular flexibility index (Phi) is 3.42. The number of carbonyl (C=O) groups excluding carboxylic acids is 1. The monoisotopic (exact) mass is 281 g/mol. The normalized spacial score (nSPS) is 10.5. The van der Waals surface area contributed by atoms with Gasteiger partial charge < -0.3 is 20.8 Å². The molecule has 0 aliphatic heterocycles. The molecule has 0 saturated carbocycles. The highest BCUT2D eigenvalue weighted by molar-refractivity contribution is 5.87. The summed E-state index contributed by atoms with van der Waals surface area (Å²) >= 11 is 0. The Labute approximate surface area is 121 Å². The number of urea groups is 1. The van der Waals surface area contributed by atoms with Gasteiger partial charge in [0.1, 0.15) is 5.65 Å². The molecular weight excluding hydrogens is 266 g/mol. The Morgan fingerprint density at radius 1 is 1.14 bits per heavy atom. The number of carbonyl (C=O) groups is 1. The minimum Gasteiger partial charge on any atom is -0.379 e. The first-order valence-electron chi connectivity index (χ1n) is 6.54. The molecule has 0 aliphatic rings. The van der Waals surface area contributed by atoms with Crippen molar-refractivity contribution in [1.29, 1.82) is 0 Å². The van der Waals surface area contributed by atoms with E-state index in [1.54, 1.807) is 12.1 Å². The second kappa shape index (κ2) is 5.54. The maximum absolute atomic E-state index is 10.7. The van der Waals surface area contributed by atoms with Gasteiger partial charge in [0.25, 0.3) is 0 Å². The number of primary amides is 1. The van der Waals surface area contributed by atoms with E-state index in [0.29, 0.717) is 12.2 Å². The van der Waals surface area contributed by atoms with Crippen LogP contribution in [0.25, 0.3) is 5.65 Å². The van der Waals surface area contributed by atoms with E-state index in [4.69, 9.17) is 5.73 Å². The quantitative estimate of drug-likeness (QED) is 0.686. The Hall–Kier alpha value is -3.02. The second-order valence-electron chi connectivity index (χ2n) is 4.62. The van der Waals surface area contributed by atoms with Crippen molar-refractivity contribution in [3.05, 3.63) is 60.6 Å². The van der Waals surface area contributed by atoms with Crippen LogP contribution in [-0.2, 0) is 6.54 Å². The molecule has 4 N–H and O–H groups in total. The van der Waals surface area contributed by atoms with Crippen molar-refractivity contribution in [2.75, 3.05) is 10.6 Å². The number of nitrogens with zero attached hydrogens (tertiary/aromatic N) is 2. The van der Waals surface area contributed by atoms with Gasteiger partial charge in [0, 0.05) is 23.8 Å². The van der Waals surface area contributed by atoms with Crippen LogP contribution in [-0.4, -0.2) is 15.4 Å². The van der Waals surface area contributed by atoms with Crippen LogP contribution in [0.2, 0.25) is 0 Å². The molecule has 0 radical (unpaired) electrons. The van der Waals surface area contributed by atoms with E-state index in [-0.39, 0.29) is 0 Å². The highest BCUT2D eigenvalue weighted by Crippen LogP contribution is 2.14. The first kappa shape index (κ1) is 13.0. The number of pyridine rings is 1. The van der Waals surface area contributed by atoms with E-state index < -0.39 is 6.03 Å². The number of anilines is 2. The van der Waals surface area contributed by atoms with Crippen LogP contribution in [0.3, 0.4) is 0 Å². The van der Waals surface area contributed by atoms with Gasteiger partial charge in [-0.15, -0.1) is 0 Å². The van der Waals surface area contributed by atoms with Gasteiger partial charge in [-0.2, -0.15) is 0 Å². The van der Waals surface area contributed by atoms with Gasteiger partial charge in [-0.1, -0.05) is 6.07 Å². The molecule has 6 nitrogen and oxygen atoms in total. The number of rotatable bonds is 4. The third kappa shape index (κ3) is 3.11. The van der Waals surface area contributed by atoms with E-state index >= 15 is 0 Å². The molecule has 2 heterocycles. The highest BCUT2D eigenvalue weighted by Gasteiger charge is 2.01. The average Bonchev–Trinajstić information content (AvgIpc) is 2.89. The molecule has 0 saturated heterocycles. The zero-order chi connectivity index (χ0) is 14.7. The lowest BCUT2D eigenvalue weighted by Gasteiger charge is -2.06. The zero-order valence-electron chi connectivity index (χ0n) is 11.3. The summed E-state index contributed by atoms with van der Waals surface area (Å²) in [7, 11) is 0. The molecule has 3 rings (SSSR count). The second-order valence-corrected chi connectivity index (χ2v) is 4.62. The molecule has 0 atom stereocenters. The Bertz CT molecular complexity index is 730. The number of nitrogens with two attached hydrogens (primary N) is 1. The molecule has 0 unspecified atom stereocenters. The van der Waals surface area contributed by atoms with Crippen molar-refractivity contribution in [3.8, 4) is 0 Å². The minimum absolute atomic E-state index is 0.569. The van der Waals surface area contributed by atoms with E-state index in [1.807, 2.05) is 47.1 Å². The maximum Gasteiger partial charge on any atom is 0.316 e. The first-order chi connectivity index (χ1) is 10.2. The van der Waals surface area contributed by atoms with Gasteiger partial charge in [0.05, 0.1) is 12.2 Å². The molecule has 6 heteroatoms. The molecule has 0 spiro atoms. The van der Waals surface area contributed by atoms with Crippen LogP contribution < -0.4 is 16.4 Å².